The van der Waals surface area contributed by atoms with E-state index in [2.05, 4.69) is 62.2 Å². The third-order valence-electron chi connectivity index (χ3n) is 4.72. The number of benzene rings is 2. The topological polar surface area (TPSA) is 44.7 Å². The summed E-state index contributed by atoms with van der Waals surface area (Å²) in [4.78, 5) is 20.6. The number of fused-ring (bicyclic) bond motifs is 1. The fourth-order valence-electron chi connectivity index (χ4n) is 3.56. The van der Waals surface area contributed by atoms with Gasteiger partial charge in [-0.2, -0.15) is 0 Å². The van der Waals surface area contributed by atoms with E-state index in [0.717, 1.165) is 22.6 Å². The molecule has 1 aliphatic heterocycles. The number of nitrogens with zero attached hydrogens (tertiary/aromatic N) is 2. The van der Waals surface area contributed by atoms with Crippen molar-refractivity contribution in [3.05, 3.63) is 65.2 Å². The maximum absolute atomic E-state index is 13.5. The first kappa shape index (κ1) is 20.1. The van der Waals surface area contributed by atoms with Crippen molar-refractivity contribution in [3.8, 4) is 0 Å². The third-order valence-corrected chi connectivity index (χ3v) is 4.72. The van der Waals surface area contributed by atoms with Crippen LogP contribution in [0.5, 0.6) is 0 Å². The van der Waals surface area contributed by atoms with Gasteiger partial charge in [0.1, 0.15) is 11.9 Å². The number of aryl methyl sites for hydroxylation is 1. The molecule has 1 heterocycles. The second kappa shape index (κ2) is 7.08. The highest BCUT2D eigenvalue weighted by Crippen LogP contribution is 2.40. The Bertz CT molecular complexity index is 899. The number of amides is 1. The van der Waals surface area contributed by atoms with Crippen LogP contribution < -0.4 is 5.32 Å². The Balaban J connectivity index is 2.21. The van der Waals surface area contributed by atoms with Gasteiger partial charge in [-0.25, -0.2) is 4.99 Å². The maximum Gasteiger partial charge on any atom is 0.247 e. The third kappa shape index (κ3) is 4.11. The summed E-state index contributed by atoms with van der Waals surface area (Å²) in [6.45, 7) is 14.5. The number of para-hydroxylation sites is 1. The molecule has 1 atom stereocenters. The lowest BCUT2D eigenvalue weighted by molar-refractivity contribution is -0.128. The van der Waals surface area contributed by atoms with Crippen molar-refractivity contribution in [1.29, 1.82) is 0 Å². The molecule has 0 saturated heterocycles. The van der Waals surface area contributed by atoms with Crippen molar-refractivity contribution in [2.24, 2.45) is 4.99 Å². The average molecular weight is 378 g/mol. The minimum Gasteiger partial charge on any atom is -0.349 e. The van der Waals surface area contributed by atoms with Crippen LogP contribution in [0.4, 0.5) is 5.69 Å². The quantitative estimate of drug-likeness (QED) is 0.787. The molecule has 4 heteroatoms. The number of carbonyl (C=O) groups is 1. The molecule has 1 unspecified atom stereocenters. The van der Waals surface area contributed by atoms with Crippen molar-refractivity contribution < 1.29 is 4.79 Å². The van der Waals surface area contributed by atoms with E-state index in [0.29, 0.717) is 0 Å². The monoisotopic (exact) mass is 377 g/mol. The Kier molecular flexibility index (Phi) is 5.09. The minimum atomic E-state index is -0.441. The lowest BCUT2D eigenvalue weighted by Gasteiger charge is -2.46. The van der Waals surface area contributed by atoms with Gasteiger partial charge in [0, 0.05) is 22.2 Å². The highest BCUT2D eigenvalue weighted by atomic mass is 16.2. The molecular weight excluding hydrogens is 346 g/mol. The minimum absolute atomic E-state index is 0.00520. The summed E-state index contributed by atoms with van der Waals surface area (Å²) in [6.07, 6.45) is 0. The summed E-state index contributed by atoms with van der Waals surface area (Å²) in [7, 11) is 0. The van der Waals surface area contributed by atoms with E-state index in [4.69, 9.17) is 4.99 Å². The van der Waals surface area contributed by atoms with Crippen LogP contribution in [0.3, 0.4) is 0 Å². The Hall–Kier alpha value is -2.62. The van der Waals surface area contributed by atoms with Gasteiger partial charge < -0.3 is 10.2 Å². The first-order valence-electron chi connectivity index (χ1n) is 9.83. The largest absolute Gasteiger partial charge is 0.349 e. The van der Waals surface area contributed by atoms with Gasteiger partial charge in [0.05, 0.1) is 5.69 Å². The lowest BCUT2D eigenvalue weighted by Crippen LogP contribution is -2.56. The molecular formula is C24H31N3O. The predicted octanol–water partition coefficient (Wildman–Crippen LogP) is 5.14. The summed E-state index contributed by atoms with van der Waals surface area (Å²) < 4.78 is 0. The Labute approximate surface area is 168 Å². The molecule has 2 aromatic rings. The lowest BCUT2D eigenvalue weighted by atomic mass is 9.91. The number of aliphatic imine (C=N–C) groups is 1. The number of rotatable bonds is 2. The van der Waals surface area contributed by atoms with E-state index in [-0.39, 0.29) is 17.0 Å². The van der Waals surface area contributed by atoms with E-state index >= 15 is 0 Å². The molecule has 0 radical (unpaired) electrons. The van der Waals surface area contributed by atoms with Crippen molar-refractivity contribution in [2.45, 2.75) is 65.6 Å². The predicted molar refractivity (Wildman–Crippen MR) is 116 cm³/mol. The molecule has 1 aliphatic rings. The summed E-state index contributed by atoms with van der Waals surface area (Å²) in [5.74, 6) is 0.828. The maximum atomic E-state index is 13.5. The molecule has 0 saturated carbocycles. The summed E-state index contributed by atoms with van der Waals surface area (Å²) >= 11 is 0. The molecule has 2 aromatic carbocycles. The molecule has 0 aromatic heterocycles. The number of carbonyl (C=O) groups excluding carboxylic acids is 1. The number of hydrogen-bond donors (Lipinski definition) is 1. The zero-order valence-corrected chi connectivity index (χ0v) is 18.0. The number of amidine groups is 1. The van der Waals surface area contributed by atoms with Crippen molar-refractivity contribution in [3.63, 3.8) is 0 Å². The van der Waals surface area contributed by atoms with Gasteiger partial charge in [-0.15, -0.1) is 0 Å². The van der Waals surface area contributed by atoms with Gasteiger partial charge in [0.25, 0.3) is 0 Å². The van der Waals surface area contributed by atoms with Gasteiger partial charge in [0.15, 0.2) is 0 Å². The normalized spacial score (nSPS) is 17.0. The van der Waals surface area contributed by atoms with Gasteiger partial charge in [-0.05, 0) is 54.5 Å². The van der Waals surface area contributed by atoms with E-state index in [1.165, 1.54) is 5.56 Å². The second-order valence-electron chi connectivity index (χ2n) is 9.54. The molecule has 28 heavy (non-hydrogen) atoms. The Morgan fingerprint density at radius 1 is 0.964 bits per heavy atom. The molecule has 0 aliphatic carbocycles. The van der Waals surface area contributed by atoms with Crippen molar-refractivity contribution >= 4 is 17.4 Å². The standard InChI is InChI=1S/C24H31N3O/c1-16-12-14-17(15-13-16)21-25-19-11-9-8-10-18(19)20(27(21)24(5,6)7)22(28)26-23(2,3)4/h8-15,20H,1-7H3,(H,26,28). The van der Waals surface area contributed by atoms with Crippen LogP contribution in [0.15, 0.2) is 53.5 Å². The molecule has 1 N–H and O–H groups in total. The van der Waals surface area contributed by atoms with Gasteiger partial charge in [-0.3, -0.25) is 4.79 Å². The van der Waals surface area contributed by atoms with E-state index in [9.17, 15) is 4.79 Å². The van der Waals surface area contributed by atoms with Crippen LogP contribution in [-0.2, 0) is 4.79 Å². The fourth-order valence-corrected chi connectivity index (χ4v) is 3.56. The van der Waals surface area contributed by atoms with Crippen LogP contribution in [0, 0.1) is 6.92 Å². The molecule has 0 fully saturated rings. The van der Waals surface area contributed by atoms with Crippen molar-refractivity contribution in [1.82, 2.24) is 10.2 Å². The Morgan fingerprint density at radius 3 is 2.14 bits per heavy atom. The highest BCUT2D eigenvalue weighted by Gasteiger charge is 2.41. The number of nitrogens with one attached hydrogen (secondary N) is 1. The number of hydrogen-bond acceptors (Lipinski definition) is 3. The zero-order valence-electron chi connectivity index (χ0n) is 18.0. The smallest absolute Gasteiger partial charge is 0.247 e. The van der Waals surface area contributed by atoms with Crippen LogP contribution in [0.2, 0.25) is 0 Å². The molecule has 1 amide bonds. The summed E-state index contributed by atoms with van der Waals surface area (Å²) in [5, 5.41) is 3.18. The first-order valence-corrected chi connectivity index (χ1v) is 9.83. The fraction of sp³-hybridized carbons (Fsp3) is 0.417. The second-order valence-corrected chi connectivity index (χ2v) is 9.54. The van der Waals surface area contributed by atoms with Crippen LogP contribution in [-0.4, -0.2) is 27.7 Å². The average Bonchev–Trinajstić information content (AvgIpc) is 2.58. The first-order chi connectivity index (χ1) is 13.0. The molecule has 4 nitrogen and oxygen atoms in total. The van der Waals surface area contributed by atoms with Crippen molar-refractivity contribution in [2.75, 3.05) is 0 Å². The summed E-state index contributed by atoms with van der Waals surface area (Å²) in [6, 6.07) is 15.8. The summed E-state index contributed by atoms with van der Waals surface area (Å²) in [5.41, 5.74) is 3.40. The molecule has 0 spiro atoms. The van der Waals surface area contributed by atoms with Crippen LogP contribution >= 0.6 is 0 Å². The van der Waals surface area contributed by atoms with Gasteiger partial charge in [0.2, 0.25) is 5.91 Å². The van der Waals surface area contributed by atoms with Crippen LogP contribution in [0.1, 0.15) is 64.3 Å². The molecule has 148 valence electrons. The van der Waals surface area contributed by atoms with Gasteiger partial charge in [-0.1, -0.05) is 48.0 Å². The van der Waals surface area contributed by atoms with E-state index < -0.39 is 6.04 Å². The van der Waals surface area contributed by atoms with E-state index in [1.54, 1.807) is 0 Å². The SMILES string of the molecule is Cc1ccc(C2=Nc3ccccc3C(C(=O)NC(C)(C)C)N2C(C)(C)C)cc1. The van der Waals surface area contributed by atoms with Gasteiger partial charge >= 0.3 is 0 Å². The molecule has 3 rings (SSSR count). The van der Waals surface area contributed by atoms with E-state index in [1.807, 2.05) is 45.0 Å². The highest BCUT2D eigenvalue weighted by molar-refractivity contribution is 6.05. The Morgan fingerprint density at radius 2 is 1.57 bits per heavy atom. The zero-order chi connectivity index (χ0) is 20.7. The van der Waals surface area contributed by atoms with Crippen LogP contribution in [0.25, 0.3) is 0 Å². The molecule has 0 bridgehead atoms.